The minimum Gasteiger partial charge on any atom is -0.312 e. The molecule has 1 aromatic rings. The molecular formula is C17H27NO. The van der Waals surface area contributed by atoms with Crippen molar-refractivity contribution in [1.82, 2.24) is 5.32 Å². The monoisotopic (exact) mass is 261 g/mol. The molecule has 0 heterocycles. The summed E-state index contributed by atoms with van der Waals surface area (Å²) in [5.74, 6) is 0.901. The summed E-state index contributed by atoms with van der Waals surface area (Å²) in [5.41, 5.74) is 4.58. The smallest absolute Gasteiger partial charge is 0.162 e. The van der Waals surface area contributed by atoms with Crippen LogP contribution in [0.1, 0.15) is 61.2 Å². The van der Waals surface area contributed by atoms with Crippen LogP contribution in [0.25, 0.3) is 0 Å². The molecule has 1 rings (SSSR count). The van der Waals surface area contributed by atoms with Gasteiger partial charge in [-0.1, -0.05) is 33.8 Å². The number of hydrogen-bond donors (Lipinski definition) is 1. The van der Waals surface area contributed by atoms with Crippen LogP contribution in [0, 0.1) is 12.8 Å². The molecule has 0 saturated heterocycles. The third-order valence-corrected chi connectivity index (χ3v) is 3.39. The van der Waals surface area contributed by atoms with E-state index < -0.39 is 0 Å². The summed E-state index contributed by atoms with van der Waals surface area (Å²) >= 11 is 0. The third-order valence-electron chi connectivity index (χ3n) is 3.39. The molecule has 0 radical (unpaired) electrons. The maximum atomic E-state index is 12.1. The zero-order valence-corrected chi connectivity index (χ0v) is 13.0. The molecule has 0 saturated carbocycles. The molecule has 19 heavy (non-hydrogen) atoms. The normalized spacial score (nSPS) is 11.1. The molecule has 0 aromatic heterocycles. The molecule has 1 N–H and O–H groups in total. The van der Waals surface area contributed by atoms with E-state index in [0.717, 1.165) is 25.1 Å². The van der Waals surface area contributed by atoms with E-state index in [2.05, 4.69) is 45.1 Å². The van der Waals surface area contributed by atoms with Gasteiger partial charge < -0.3 is 5.32 Å². The Morgan fingerprint density at radius 3 is 2.47 bits per heavy atom. The predicted octanol–water partition coefficient (Wildman–Crippen LogP) is 3.90. The molecule has 0 aliphatic carbocycles. The van der Waals surface area contributed by atoms with Gasteiger partial charge in [-0.25, -0.2) is 0 Å². The molecule has 2 heteroatoms. The fourth-order valence-electron chi connectivity index (χ4n) is 2.41. The van der Waals surface area contributed by atoms with E-state index in [1.54, 1.807) is 0 Å². The number of hydrogen-bond acceptors (Lipinski definition) is 2. The molecule has 0 aliphatic heterocycles. The van der Waals surface area contributed by atoms with Crippen molar-refractivity contribution < 1.29 is 4.79 Å². The Kier molecular flexibility index (Phi) is 6.23. The van der Waals surface area contributed by atoms with Gasteiger partial charge in [0.15, 0.2) is 5.78 Å². The van der Waals surface area contributed by atoms with Crippen LogP contribution >= 0.6 is 0 Å². The zero-order chi connectivity index (χ0) is 14.4. The maximum absolute atomic E-state index is 12.1. The number of carbonyl (C=O) groups excluding carboxylic acids is 1. The van der Waals surface area contributed by atoms with Crippen molar-refractivity contribution >= 4 is 5.78 Å². The molecule has 0 aliphatic rings. The van der Waals surface area contributed by atoms with Crippen molar-refractivity contribution in [3.63, 3.8) is 0 Å². The van der Waals surface area contributed by atoms with E-state index in [1.165, 1.54) is 16.7 Å². The predicted molar refractivity (Wildman–Crippen MR) is 81.7 cm³/mol. The largest absolute Gasteiger partial charge is 0.312 e. The van der Waals surface area contributed by atoms with Crippen LogP contribution in [0.15, 0.2) is 12.1 Å². The first-order chi connectivity index (χ1) is 8.99. The van der Waals surface area contributed by atoms with Gasteiger partial charge in [-0.05, 0) is 48.6 Å². The molecule has 0 unspecified atom stereocenters. The summed E-state index contributed by atoms with van der Waals surface area (Å²) in [6.45, 7) is 12.4. The lowest BCUT2D eigenvalue weighted by Gasteiger charge is -2.14. The quantitative estimate of drug-likeness (QED) is 0.754. The Hall–Kier alpha value is -1.15. The van der Waals surface area contributed by atoms with E-state index in [9.17, 15) is 4.79 Å². The standard InChI is InChI=1S/C17H27NO/c1-6-15-13(5)8-14(11-18-10-12(3)4)9-16(15)17(19)7-2/h8-9,12,18H,6-7,10-11H2,1-5H3. The van der Waals surface area contributed by atoms with Gasteiger partial charge >= 0.3 is 0 Å². The molecule has 0 spiro atoms. The van der Waals surface area contributed by atoms with Crippen LogP contribution in [0.3, 0.4) is 0 Å². The summed E-state index contributed by atoms with van der Waals surface area (Å²) in [6.07, 6.45) is 1.50. The molecule has 0 fully saturated rings. The molecular weight excluding hydrogens is 234 g/mol. The van der Waals surface area contributed by atoms with Gasteiger partial charge in [-0.2, -0.15) is 0 Å². The highest BCUT2D eigenvalue weighted by Gasteiger charge is 2.12. The van der Waals surface area contributed by atoms with Crippen LogP contribution in [0.5, 0.6) is 0 Å². The number of rotatable bonds is 7. The van der Waals surface area contributed by atoms with Crippen molar-refractivity contribution in [2.75, 3.05) is 6.54 Å². The lowest BCUT2D eigenvalue weighted by atomic mass is 9.93. The molecule has 1 aromatic carbocycles. The van der Waals surface area contributed by atoms with Crippen molar-refractivity contribution in [2.45, 2.75) is 54.0 Å². The van der Waals surface area contributed by atoms with Crippen LogP contribution in [-0.4, -0.2) is 12.3 Å². The van der Waals surface area contributed by atoms with Gasteiger partial charge in [0.05, 0.1) is 0 Å². The first-order valence-electron chi connectivity index (χ1n) is 7.35. The Balaban J connectivity index is 2.95. The first kappa shape index (κ1) is 15.9. The van der Waals surface area contributed by atoms with Crippen LogP contribution in [-0.2, 0) is 13.0 Å². The minimum atomic E-state index is 0.255. The topological polar surface area (TPSA) is 29.1 Å². The van der Waals surface area contributed by atoms with Crippen molar-refractivity contribution in [3.8, 4) is 0 Å². The van der Waals surface area contributed by atoms with E-state index in [-0.39, 0.29) is 5.78 Å². The van der Waals surface area contributed by atoms with E-state index in [4.69, 9.17) is 0 Å². The summed E-state index contributed by atoms with van der Waals surface area (Å²) in [6, 6.07) is 4.28. The number of ketones is 1. The van der Waals surface area contributed by atoms with Gasteiger partial charge in [-0.15, -0.1) is 0 Å². The third kappa shape index (κ3) is 4.46. The lowest BCUT2D eigenvalue weighted by Crippen LogP contribution is -2.19. The van der Waals surface area contributed by atoms with Gasteiger partial charge in [0.25, 0.3) is 0 Å². The SMILES string of the molecule is CCC(=O)c1cc(CNCC(C)C)cc(C)c1CC. The molecule has 0 amide bonds. The Morgan fingerprint density at radius 2 is 1.95 bits per heavy atom. The van der Waals surface area contributed by atoms with E-state index in [0.29, 0.717) is 12.3 Å². The number of nitrogens with one attached hydrogen (secondary N) is 1. The van der Waals surface area contributed by atoms with Gasteiger partial charge in [0, 0.05) is 18.5 Å². The van der Waals surface area contributed by atoms with Gasteiger partial charge in [0.1, 0.15) is 0 Å². The summed E-state index contributed by atoms with van der Waals surface area (Å²) < 4.78 is 0. The van der Waals surface area contributed by atoms with Gasteiger partial charge in [0.2, 0.25) is 0 Å². The second kappa shape index (κ2) is 7.44. The highest BCUT2D eigenvalue weighted by Crippen LogP contribution is 2.20. The van der Waals surface area contributed by atoms with Crippen molar-refractivity contribution in [3.05, 3.63) is 34.4 Å². The molecule has 0 atom stereocenters. The van der Waals surface area contributed by atoms with Gasteiger partial charge in [-0.3, -0.25) is 4.79 Å². The number of Topliss-reactive ketones (excluding diaryl/α,β-unsaturated/α-hetero) is 1. The van der Waals surface area contributed by atoms with Crippen LogP contribution in [0.4, 0.5) is 0 Å². The highest BCUT2D eigenvalue weighted by atomic mass is 16.1. The van der Waals surface area contributed by atoms with Crippen LogP contribution < -0.4 is 5.32 Å². The first-order valence-corrected chi connectivity index (χ1v) is 7.35. The van der Waals surface area contributed by atoms with E-state index in [1.807, 2.05) is 6.92 Å². The number of carbonyl (C=O) groups is 1. The zero-order valence-electron chi connectivity index (χ0n) is 13.0. The number of aryl methyl sites for hydroxylation is 1. The second-order valence-electron chi connectivity index (χ2n) is 5.59. The minimum absolute atomic E-state index is 0.255. The Bertz CT molecular complexity index is 435. The number of benzene rings is 1. The fourth-order valence-corrected chi connectivity index (χ4v) is 2.41. The molecule has 0 bridgehead atoms. The maximum Gasteiger partial charge on any atom is 0.162 e. The average Bonchev–Trinajstić information content (AvgIpc) is 2.36. The molecule has 106 valence electrons. The molecule has 2 nitrogen and oxygen atoms in total. The van der Waals surface area contributed by atoms with Crippen molar-refractivity contribution in [1.29, 1.82) is 0 Å². The highest BCUT2D eigenvalue weighted by molar-refractivity contribution is 5.97. The Labute approximate surface area is 117 Å². The van der Waals surface area contributed by atoms with Crippen molar-refractivity contribution in [2.24, 2.45) is 5.92 Å². The Morgan fingerprint density at radius 1 is 1.26 bits per heavy atom. The summed E-state index contributed by atoms with van der Waals surface area (Å²) in [7, 11) is 0. The summed E-state index contributed by atoms with van der Waals surface area (Å²) in [4.78, 5) is 12.1. The summed E-state index contributed by atoms with van der Waals surface area (Å²) in [5, 5.41) is 3.44. The van der Waals surface area contributed by atoms with Crippen LogP contribution in [0.2, 0.25) is 0 Å². The second-order valence-corrected chi connectivity index (χ2v) is 5.59. The van der Waals surface area contributed by atoms with E-state index >= 15 is 0 Å². The lowest BCUT2D eigenvalue weighted by molar-refractivity contribution is 0.0987. The average molecular weight is 261 g/mol. The fraction of sp³-hybridized carbons (Fsp3) is 0.588.